The highest BCUT2D eigenvalue weighted by atomic mass is 15.3. The number of rotatable bonds is 5. The van der Waals surface area contributed by atoms with Crippen molar-refractivity contribution in [3.05, 3.63) is 17.0 Å². The number of terminal acetylenes is 1. The van der Waals surface area contributed by atoms with Crippen LogP contribution in [-0.2, 0) is 13.1 Å². The zero-order valence-corrected chi connectivity index (χ0v) is 9.80. The molecule has 3 nitrogen and oxygen atoms in total. The zero-order valence-electron chi connectivity index (χ0n) is 9.80. The summed E-state index contributed by atoms with van der Waals surface area (Å²) in [4.78, 5) is 0. The minimum atomic E-state index is 0.556. The van der Waals surface area contributed by atoms with Crippen molar-refractivity contribution in [1.29, 1.82) is 0 Å². The summed E-state index contributed by atoms with van der Waals surface area (Å²) >= 11 is 0. The summed E-state index contributed by atoms with van der Waals surface area (Å²) in [7, 11) is 0. The van der Waals surface area contributed by atoms with Crippen LogP contribution in [0.4, 0.5) is 0 Å². The average molecular weight is 205 g/mol. The molecule has 0 spiro atoms. The Bertz CT molecular complexity index is 358. The first-order chi connectivity index (χ1) is 7.20. The number of nitrogens with one attached hydrogen (secondary N) is 1. The van der Waals surface area contributed by atoms with Gasteiger partial charge in [-0.2, -0.15) is 5.10 Å². The SMILES string of the molecule is C#CCn1nc(C)c(CNCCC)c1C. The van der Waals surface area contributed by atoms with E-state index < -0.39 is 0 Å². The monoisotopic (exact) mass is 205 g/mol. The molecule has 15 heavy (non-hydrogen) atoms. The van der Waals surface area contributed by atoms with E-state index in [0.717, 1.165) is 25.2 Å². The van der Waals surface area contributed by atoms with Crippen LogP contribution in [0.25, 0.3) is 0 Å². The van der Waals surface area contributed by atoms with Crippen molar-refractivity contribution in [2.45, 2.75) is 40.3 Å². The van der Waals surface area contributed by atoms with E-state index >= 15 is 0 Å². The summed E-state index contributed by atoms with van der Waals surface area (Å²) < 4.78 is 1.89. The van der Waals surface area contributed by atoms with Gasteiger partial charge in [0.05, 0.1) is 5.69 Å². The second kappa shape index (κ2) is 5.57. The van der Waals surface area contributed by atoms with E-state index in [1.54, 1.807) is 0 Å². The van der Waals surface area contributed by atoms with Gasteiger partial charge >= 0.3 is 0 Å². The molecule has 0 aliphatic heterocycles. The fourth-order valence-corrected chi connectivity index (χ4v) is 1.62. The molecule has 0 fully saturated rings. The van der Waals surface area contributed by atoms with Crippen LogP contribution in [0.5, 0.6) is 0 Å². The summed E-state index contributed by atoms with van der Waals surface area (Å²) in [5.74, 6) is 2.61. The molecule has 0 saturated heterocycles. The van der Waals surface area contributed by atoms with Gasteiger partial charge in [0.2, 0.25) is 0 Å². The standard InChI is InChI=1S/C12H19N3/c1-5-7-13-9-12-10(3)14-15(8-6-2)11(12)4/h2,13H,5,7-9H2,1,3-4H3. The molecule has 1 rings (SSSR count). The molecule has 82 valence electrons. The smallest absolute Gasteiger partial charge is 0.102 e. The predicted octanol–water partition coefficient (Wildman–Crippen LogP) is 1.63. The Morgan fingerprint density at radius 1 is 1.47 bits per heavy atom. The molecule has 0 unspecified atom stereocenters. The van der Waals surface area contributed by atoms with Gasteiger partial charge in [0.25, 0.3) is 0 Å². The highest BCUT2D eigenvalue weighted by Crippen LogP contribution is 2.12. The predicted molar refractivity (Wildman–Crippen MR) is 62.5 cm³/mol. The number of hydrogen-bond acceptors (Lipinski definition) is 2. The lowest BCUT2D eigenvalue weighted by Gasteiger charge is -2.03. The van der Waals surface area contributed by atoms with Gasteiger partial charge in [-0.1, -0.05) is 12.8 Å². The Balaban J connectivity index is 2.75. The third kappa shape index (κ3) is 2.84. The van der Waals surface area contributed by atoms with E-state index in [2.05, 4.69) is 30.2 Å². The van der Waals surface area contributed by atoms with Crippen LogP contribution in [0.2, 0.25) is 0 Å². The van der Waals surface area contributed by atoms with Gasteiger partial charge < -0.3 is 5.32 Å². The molecule has 0 saturated carbocycles. The van der Waals surface area contributed by atoms with Gasteiger partial charge in [0.15, 0.2) is 0 Å². The van der Waals surface area contributed by atoms with Crippen molar-refractivity contribution >= 4 is 0 Å². The minimum Gasteiger partial charge on any atom is -0.313 e. The van der Waals surface area contributed by atoms with E-state index in [0.29, 0.717) is 6.54 Å². The number of aromatic nitrogens is 2. The second-order valence-corrected chi connectivity index (χ2v) is 3.69. The molecule has 1 heterocycles. The van der Waals surface area contributed by atoms with Crippen molar-refractivity contribution in [3.63, 3.8) is 0 Å². The Labute approximate surface area is 91.9 Å². The van der Waals surface area contributed by atoms with Gasteiger partial charge in [0.1, 0.15) is 6.54 Å². The molecule has 0 aliphatic rings. The Hall–Kier alpha value is -1.27. The van der Waals surface area contributed by atoms with Crippen LogP contribution in [-0.4, -0.2) is 16.3 Å². The van der Waals surface area contributed by atoms with Gasteiger partial charge in [0, 0.05) is 17.8 Å². The van der Waals surface area contributed by atoms with E-state index in [-0.39, 0.29) is 0 Å². The van der Waals surface area contributed by atoms with Gasteiger partial charge in [-0.25, -0.2) is 0 Å². The average Bonchev–Trinajstić information content (AvgIpc) is 2.46. The largest absolute Gasteiger partial charge is 0.313 e. The molecule has 0 aromatic carbocycles. The normalized spacial score (nSPS) is 10.3. The molecule has 0 aliphatic carbocycles. The van der Waals surface area contributed by atoms with E-state index in [4.69, 9.17) is 6.42 Å². The lowest BCUT2D eigenvalue weighted by atomic mass is 10.2. The molecule has 1 aromatic heterocycles. The van der Waals surface area contributed by atoms with Crippen LogP contribution in [0.1, 0.15) is 30.3 Å². The van der Waals surface area contributed by atoms with Crippen LogP contribution in [0.3, 0.4) is 0 Å². The number of aryl methyl sites for hydroxylation is 1. The summed E-state index contributed by atoms with van der Waals surface area (Å²) in [5.41, 5.74) is 3.53. The van der Waals surface area contributed by atoms with Gasteiger partial charge in [-0.05, 0) is 26.8 Å². The number of nitrogens with zero attached hydrogens (tertiary/aromatic N) is 2. The highest BCUT2D eigenvalue weighted by Gasteiger charge is 2.09. The Kier molecular flexibility index (Phi) is 4.38. The summed E-state index contributed by atoms with van der Waals surface area (Å²) in [6.45, 7) is 8.74. The molecule has 0 radical (unpaired) electrons. The summed E-state index contributed by atoms with van der Waals surface area (Å²) in [6.07, 6.45) is 6.43. The van der Waals surface area contributed by atoms with Crippen molar-refractivity contribution in [1.82, 2.24) is 15.1 Å². The first-order valence-corrected chi connectivity index (χ1v) is 5.37. The Morgan fingerprint density at radius 2 is 2.20 bits per heavy atom. The lowest BCUT2D eigenvalue weighted by molar-refractivity contribution is 0.663. The molecular weight excluding hydrogens is 186 g/mol. The minimum absolute atomic E-state index is 0.556. The fourth-order valence-electron chi connectivity index (χ4n) is 1.62. The maximum Gasteiger partial charge on any atom is 0.102 e. The van der Waals surface area contributed by atoms with Crippen LogP contribution >= 0.6 is 0 Å². The summed E-state index contributed by atoms with van der Waals surface area (Å²) in [6, 6.07) is 0. The molecule has 3 heteroatoms. The van der Waals surface area contributed by atoms with Crippen molar-refractivity contribution in [2.24, 2.45) is 0 Å². The zero-order chi connectivity index (χ0) is 11.3. The fraction of sp³-hybridized carbons (Fsp3) is 0.583. The van der Waals surface area contributed by atoms with Gasteiger partial charge in [-0.15, -0.1) is 6.42 Å². The van der Waals surface area contributed by atoms with Gasteiger partial charge in [-0.3, -0.25) is 4.68 Å². The van der Waals surface area contributed by atoms with Crippen molar-refractivity contribution in [3.8, 4) is 12.3 Å². The number of hydrogen-bond donors (Lipinski definition) is 1. The van der Waals surface area contributed by atoms with Crippen LogP contribution < -0.4 is 5.32 Å². The molecule has 1 aromatic rings. The topological polar surface area (TPSA) is 29.9 Å². The highest BCUT2D eigenvalue weighted by molar-refractivity contribution is 5.24. The molecule has 0 atom stereocenters. The molecule has 0 amide bonds. The third-order valence-corrected chi connectivity index (χ3v) is 2.50. The molecule has 1 N–H and O–H groups in total. The molecular formula is C12H19N3. The summed E-state index contributed by atoms with van der Waals surface area (Å²) in [5, 5.41) is 7.80. The first-order valence-electron chi connectivity index (χ1n) is 5.37. The quantitative estimate of drug-likeness (QED) is 0.585. The first kappa shape index (κ1) is 11.8. The van der Waals surface area contributed by atoms with E-state index in [1.165, 1.54) is 11.3 Å². The Morgan fingerprint density at radius 3 is 2.80 bits per heavy atom. The van der Waals surface area contributed by atoms with Crippen molar-refractivity contribution in [2.75, 3.05) is 6.54 Å². The maximum atomic E-state index is 5.28. The third-order valence-electron chi connectivity index (χ3n) is 2.50. The van der Waals surface area contributed by atoms with E-state index in [9.17, 15) is 0 Å². The molecule has 0 bridgehead atoms. The second-order valence-electron chi connectivity index (χ2n) is 3.69. The lowest BCUT2D eigenvalue weighted by Crippen LogP contribution is -2.15. The van der Waals surface area contributed by atoms with Crippen LogP contribution in [0.15, 0.2) is 0 Å². The maximum absolute atomic E-state index is 5.28. The van der Waals surface area contributed by atoms with Crippen molar-refractivity contribution < 1.29 is 0 Å². The van der Waals surface area contributed by atoms with E-state index in [1.807, 2.05) is 11.6 Å². The van der Waals surface area contributed by atoms with Crippen LogP contribution in [0, 0.1) is 26.2 Å².